The number of amides is 1. The van der Waals surface area contributed by atoms with Crippen molar-refractivity contribution in [2.24, 2.45) is 0 Å². The number of methoxy groups -OCH3 is 2. The van der Waals surface area contributed by atoms with Crippen LogP contribution in [0.5, 0.6) is 11.5 Å². The van der Waals surface area contributed by atoms with Crippen LogP contribution < -0.4 is 20.3 Å². The van der Waals surface area contributed by atoms with Crippen molar-refractivity contribution in [2.75, 3.05) is 19.5 Å². The summed E-state index contributed by atoms with van der Waals surface area (Å²) in [6.45, 7) is 0.474. The summed E-state index contributed by atoms with van der Waals surface area (Å²) < 4.78 is 12.4. The minimum Gasteiger partial charge on any atom is -0.497 e. The number of carboxylic acid groups (broad SMARTS) is 1. The Hall–Kier alpha value is -3.82. The molecule has 1 aromatic heterocycles. The Balaban J connectivity index is 1.75. The first kappa shape index (κ1) is 24.3. The normalized spacial score (nSPS) is 14.5. The molecule has 1 aliphatic heterocycles. The Bertz CT molecular complexity index is 1490. The van der Waals surface area contributed by atoms with Gasteiger partial charge in [-0.05, 0) is 54.5 Å². The van der Waals surface area contributed by atoms with Crippen LogP contribution in [0.2, 0.25) is 0 Å². The van der Waals surface area contributed by atoms with Crippen molar-refractivity contribution >= 4 is 63.3 Å². The highest BCUT2D eigenvalue weighted by Crippen LogP contribution is 2.32. The fraction of sp³-hybridized carbons (Fsp3) is 0.167. The van der Waals surface area contributed by atoms with Gasteiger partial charge >= 0.3 is 5.97 Å². The predicted molar refractivity (Wildman–Crippen MR) is 133 cm³/mol. The molecule has 0 fully saturated rings. The van der Waals surface area contributed by atoms with E-state index in [1.54, 1.807) is 30.9 Å². The molecule has 9 nitrogen and oxygen atoms in total. The Morgan fingerprint density at radius 3 is 2.57 bits per heavy atom. The number of hydrogen-bond donors (Lipinski definition) is 2. The number of carbonyl (C=O) groups is 2. The SMILES string of the molecule is COc1ccc(OC)c(/C=C2\CCn3c2nc2cc(NC(=O)/C(Cl)=C(/Cl)C(=O)O)ccc2c3=O)c1. The van der Waals surface area contributed by atoms with Gasteiger partial charge in [-0.15, -0.1) is 0 Å². The van der Waals surface area contributed by atoms with Gasteiger partial charge in [0.05, 0.1) is 25.1 Å². The smallest absolute Gasteiger partial charge is 0.349 e. The van der Waals surface area contributed by atoms with E-state index in [4.69, 9.17) is 37.8 Å². The summed E-state index contributed by atoms with van der Waals surface area (Å²) in [6, 6.07) is 9.97. The van der Waals surface area contributed by atoms with Gasteiger partial charge in [-0.3, -0.25) is 14.2 Å². The van der Waals surface area contributed by atoms with E-state index in [1.807, 2.05) is 12.1 Å². The molecule has 4 rings (SSSR count). The summed E-state index contributed by atoms with van der Waals surface area (Å²) in [6.07, 6.45) is 2.50. The number of aromatic nitrogens is 2. The van der Waals surface area contributed by atoms with Gasteiger partial charge < -0.3 is 19.9 Å². The maximum atomic E-state index is 13.1. The number of rotatable bonds is 6. The zero-order valence-corrected chi connectivity index (χ0v) is 20.1. The molecule has 3 aromatic rings. The summed E-state index contributed by atoms with van der Waals surface area (Å²) in [5, 5.41) is 10.3. The standard InChI is InChI=1S/C24H19Cl2N3O6/c1-34-15-4-6-18(35-2)13(10-15)9-12-7-8-29-21(12)28-17-11-14(3-5-16(17)23(29)31)27-22(30)19(25)20(26)24(32)33/h3-6,9-11H,7-8H2,1-2H3,(H,27,30)(H,32,33)/b12-9+,20-19-. The van der Waals surface area contributed by atoms with Gasteiger partial charge in [-0.1, -0.05) is 23.2 Å². The highest BCUT2D eigenvalue weighted by atomic mass is 35.5. The third kappa shape index (κ3) is 4.73. The molecule has 2 heterocycles. The molecule has 0 atom stereocenters. The first-order valence-electron chi connectivity index (χ1n) is 10.3. The average Bonchev–Trinajstić information content (AvgIpc) is 3.25. The number of nitrogens with zero attached hydrogens (tertiary/aromatic N) is 2. The van der Waals surface area contributed by atoms with Gasteiger partial charge in [0.2, 0.25) is 0 Å². The molecule has 2 N–H and O–H groups in total. The van der Waals surface area contributed by atoms with E-state index in [-0.39, 0.29) is 11.2 Å². The molecule has 0 radical (unpaired) electrons. The van der Waals surface area contributed by atoms with Crippen molar-refractivity contribution in [1.82, 2.24) is 9.55 Å². The molecule has 0 bridgehead atoms. The summed E-state index contributed by atoms with van der Waals surface area (Å²) in [7, 11) is 3.15. The summed E-state index contributed by atoms with van der Waals surface area (Å²) in [5.41, 5.74) is 2.03. The topological polar surface area (TPSA) is 120 Å². The lowest BCUT2D eigenvalue weighted by atomic mass is 10.1. The average molecular weight is 516 g/mol. The number of benzene rings is 2. The lowest BCUT2D eigenvalue weighted by Crippen LogP contribution is -2.21. The Kier molecular flexibility index (Phi) is 6.81. The van der Waals surface area contributed by atoms with Gasteiger partial charge in [-0.25, -0.2) is 9.78 Å². The van der Waals surface area contributed by atoms with E-state index in [0.29, 0.717) is 41.2 Å². The monoisotopic (exact) mass is 515 g/mol. The van der Waals surface area contributed by atoms with Gasteiger partial charge in [0, 0.05) is 17.8 Å². The van der Waals surface area contributed by atoms with Crippen molar-refractivity contribution < 1.29 is 24.2 Å². The van der Waals surface area contributed by atoms with Gasteiger partial charge in [-0.2, -0.15) is 0 Å². The molecule has 1 aliphatic rings. The molecule has 0 aliphatic carbocycles. The molecule has 0 spiro atoms. The second-order valence-corrected chi connectivity index (χ2v) is 8.29. The zero-order valence-electron chi connectivity index (χ0n) is 18.6. The number of nitrogens with one attached hydrogen (secondary N) is 1. The van der Waals surface area contributed by atoms with E-state index in [1.165, 1.54) is 18.2 Å². The van der Waals surface area contributed by atoms with Crippen LogP contribution in [0.1, 0.15) is 17.8 Å². The minimum absolute atomic E-state index is 0.212. The zero-order chi connectivity index (χ0) is 25.3. The minimum atomic E-state index is -1.53. The fourth-order valence-electron chi connectivity index (χ4n) is 3.75. The third-order valence-corrected chi connectivity index (χ3v) is 6.26. The fourth-order valence-corrected chi connectivity index (χ4v) is 3.97. The lowest BCUT2D eigenvalue weighted by molar-refractivity contribution is -0.132. The highest BCUT2D eigenvalue weighted by Gasteiger charge is 2.22. The maximum absolute atomic E-state index is 13.1. The van der Waals surface area contributed by atoms with Crippen molar-refractivity contribution in [3.8, 4) is 11.5 Å². The summed E-state index contributed by atoms with van der Waals surface area (Å²) in [5.74, 6) is -0.613. The second-order valence-electron chi connectivity index (χ2n) is 7.54. The van der Waals surface area contributed by atoms with Crippen LogP contribution in [0.3, 0.4) is 0 Å². The van der Waals surface area contributed by atoms with Crippen LogP contribution in [-0.2, 0) is 16.1 Å². The molecule has 2 aromatic carbocycles. The molecule has 0 saturated heterocycles. The first-order valence-corrected chi connectivity index (χ1v) is 11.1. The molecule has 35 heavy (non-hydrogen) atoms. The van der Waals surface area contributed by atoms with E-state index in [9.17, 15) is 14.4 Å². The van der Waals surface area contributed by atoms with Crippen LogP contribution in [0, 0.1) is 0 Å². The number of halogens is 2. The Morgan fingerprint density at radius 2 is 1.89 bits per heavy atom. The second kappa shape index (κ2) is 9.81. The third-order valence-electron chi connectivity index (χ3n) is 5.45. The maximum Gasteiger partial charge on any atom is 0.349 e. The Labute approximate surface area is 209 Å². The number of allylic oxidation sites excluding steroid dienone is 1. The number of fused-ring (bicyclic) bond motifs is 2. The van der Waals surface area contributed by atoms with E-state index < -0.39 is 21.9 Å². The Morgan fingerprint density at radius 1 is 1.11 bits per heavy atom. The number of hydrogen-bond acceptors (Lipinski definition) is 6. The van der Waals surface area contributed by atoms with Gasteiger partial charge in [0.15, 0.2) is 0 Å². The van der Waals surface area contributed by atoms with Crippen molar-refractivity contribution in [3.05, 3.63) is 68.2 Å². The number of aliphatic carboxylic acids is 1. The van der Waals surface area contributed by atoms with E-state index in [2.05, 4.69) is 10.3 Å². The molecule has 0 saturated carbocycles. The van der Waals surface area contributed by atoms with Crippen LogP contribution in [0.15, 0.2) is 51.3 Å². The van der Waals surface area contributed by atoms with E-state index in [0.717, 1.165) is 11.1 Å². The molecule has 1 amide bonds. The molecule has 0 unspecified atom stereocenters. The van der Waals surface area contributed by atoms with Crippen LogP contribution >= 0.6 is 23.2 Å². The van der Waals surface area contributed by atoms with Gasteiger partial charge in [0.25, 0.3) is 11.5 Å². The highest BCUT2D eigenvalue weighted by molar-refractivity contribution is 6.54. The summed E-state index contributed by atoms with van der Waals surface area (Å²) in [4.78, 5) is 41.0. The van der Waals surface area contributed by atoms with Gasteiger partial charge in [0.1, 0.15) is 27.4 Å². The first-order chi connectivity index (χ1) is 16.7. The largest absolute Gasteiger partial charge is 0.497 e. The molecule has 11 heteroatoms. The number of carboxylic acids is 1. The molecular weight excluding hydrogens is 497 g/mol. The molecular formula is C24H19Cl2N3O6. The number of anilines is 1. The summed E-state index contributed by atoms with van der Waals surface area (Å²) >= 11 is 11.3. The predicted octanol–water partition coefficient (Wildman–Crippen LogP) is 4.07. The van der Waals surface area contributed by atoms with Crippen LogP contribution in [0.4, 0.5) is 5.69 Å². The molecule has 180 valence electrons. The quantitative estimate of drug-likeness (QED) is 0.474. The lowest BCUT2D eigenvalue weighted by Gasteiger charge is -2.10. The van der Waals surface area contributed by atoms with E-state index >= 15 is 0 Å². The van der Waals surface area contributed by atoms with Crippen molar-refractivity contribution in [2.45, 2.75) is 13.0 Å². The van der Waals surface area contributed by atoms with Crippen molar-refractivity contribution in [3.63, 3.8) is 0 Å². The van der Waals surface area contributed by atoms with Crippen molar-refractivity contribution in [1.29, 1.82) is 0 Å². The number of ether oxygens (including phenoxy) is 2. The van der Waals surface area contributed by atoms with Crippen LogP contribution in [-0.4, -0.2) is 40.8 Å². The number of carbonyl (C=O) groups excluding carboxylic acids is 1. The van der Waals surface area contributed by atoms with Crippen LogP contribution in [0.25, 0.3) is 22.6 Å².